The molecule has 0 saturated carbocycles. The van der Waals surface area contributed by atoms with Gasteiger partial charge in [-0.3, -0.25) is 4.99 Å². The molecule has 0 bridgehead atoms. The Labute approximate surface area is 185 Å². The van der Waals surface area contributed by atoms with Gasteiger partial charge in [0, 0.05) is 52.1 Å². The van der Waals surface area contributed by atoms with Gasteiger partial charge in [0.05, 0.1) is 12.7 Å². The first-order valence-electron chi connectivity index (χ1n) is 10.3. The quantitative estimate of drug-likeness (QED) is 0.392. The first kappa shape index (κ1) is 21.6. The summed E-state index contributed by atoms with van der Waals surface area (Å²) in [6, 6.07) is 10.7. The number of halogens is 1. The summed E-state index contributed by atoms with van der Waals surface area (Å²) < 4.78 is 11.8. The van der Waals surface area contributed by atoms with Crippen molar-refractivity contribution < 1.29 is 9.47 Å². The number of ether oxygens (including phenoxy) is 2. The lowest BCUT2D eigenvalue weighted by molar-refractivity contribution is -0.0817. The molecule has 0 aromatic heterocycles. The summed E-state index contributed by atoms with van der Waals surface area (Å²) in [5.74, 6) is 1.65. The van der Waals surface area contributed by atoms with Crippen molar-refractivity contribution in [3.8, 4) is 0 Å². The van der Waals surface area contributed by atoms with Gasteiger partial charge in [0.2, 0.25) is 0 Å². The van der Waals surface area contributed by atoms with Crippen LogP contribution in [0.4, 0.5) is 5.69 Å². The minimum Gasteiger partial charge on any atom is -0.375 e. The van der Waals surface area contributed by atoms with Crippen LogP contribution in [0.2, 0.25) is 0 Å². The van der Waals surface area contributed by atoms with Crippen LogP contribution in [-0.4, -0.2) is 76.1 Å². The van der Waals surface area contributed by atoms with Gasteiger partial charge in [-0.05, 0) is 37.3 Å². The van der Waals surface area contributed by atoms with E-state index in [4.69, 9.17) is 9.47 Å². The molecule has 3 unspecified atom stereocenters. The monoisotopic (exact) mass is 500 g/mol. The predicted octanol–water partition coefficient (Wildman–Crippen LogP) is 2.59. The second-order valence-electron chi connectivity index (χ2n) is 7.77. The fourth-order valence-electron chi connectivity index (χ4n) is 4.43. The summed E-state index contributed by atoms with van der Waals surface area (Å²) in [4.78, 5) is 9.35. The topological polar surface area (TPSA) is 49.3 Å². The average molecular weight is 500 g/mol. The number of aliphatic imine (C=N–C) groups is 1. The summed E-state index contributed by atoms with van der Waals surface area (Å²) >= 11 is 0. The summed E-state index contributed by atoms with van der Waals surface area (Å²) in [6.07, 6.45) is 3.90. The highest BCUT2D eigenvalue weighted by Gasteiger charge is 2.32. The Hall–Kier alpha value is -1.06. The number of guanidine groups is 1. The number of morpholine rings is 1. The van der Waals surface area contributed by atoms with Gasteiger partial charge in [-0.2, -0.15) is 0 Å². The van der Waals surface area contributed by atoms with Gasteiger partial charge in [0.15, 0.2) is 5.96 Å². The van der Waals surface area contributed by atoms with Crippen molar-refractivity contribution in [3.63, 3.8) is 0 Å². The smallest absolute Gasteiger partial charge is 0.193 e. The van der Waals surface area contributed by atoms with Gasteiger partial charge >= 0.3 is 0 Å². The molecule has 0 radical (unpaired) electrons. The Bertz CT molecular complexity index is 624. The van der Waals surface area contributed by atoms with Crippen LogP contribution >= 0.6 is 24.0 Å². The largest absolute Gasteiger partial charge is 0.375 e. The third kappa shape index (κ3) is 5.30. The molecule has 6 nitrogen and oxygen atoms in total. The van der Waals surface area contributed by atoms with Crippen LogP contribution in [0.3, 0.4) is 0 Å². The number of hydrogen-bond acceptors (Lipinski definition) is 4. The van der Waals surface area contributed by atoms with E-state index in [0.29, 0.717) is 5.92 Å². The highest BCUT2D eigenvalue weighted by molar-refractivity contribution is 14.0. The molecule has 3 atom stereocenters. The molecular weight excluding hydrogens is 467 g/mol. The first-order chi connectivity index (χ1) is 13.3. The van der Waals surface area contributed by atoms with Gasteiger partial charge in [-0.25, -0.2) is 0 Å². The van der Waals surface area contributed by atoms with E-state index in [9.17, 15) is 0 Å². The van der Waals surface area contributed by atoms with Crippen LogP contribution in [0.25, 0.3) is 0 Å². The van der Waals surface area contributed by atoms with E-state index in [0.717, 1.165) is 64.7 Å². The van der Waals surface area contributed by atoms with Crippen LogP contribution in [0, 0.1) is 5.92 Å². The van der Waals surface area contributed by atoms with Crippen molar-refractivity contribution in [1.82, 2.24) is 10.2 Å². The Morgan fingerprint density at radius 1 is 1.07 bits per heavy atom. The van der Waals surface area contributed by atoms with Crippen molar-refractivity contribution in [3.05, 3.63) is 30.3 Å². The molecule has 3 fully saturated rings. The lowest BCUT2D eigenvalue weighted by atomic mass is 10.1. The van der Waals surface area contributed by atoms with E-state index < -0.39 is 0 Å². The summed E-state index contributed by atoms with van der Waals surface area (Å²) in [5.41, 5.74) is 1.33. The van der Waals surface area contributed by atoms with Crippen LogP contribution < -0.4 is 10.2 Å². The normalized spacial score (nSPS) is 28.3. The fraction of sp³-hybridized carbons (Fsp3) is 0.667. The molecule has 3 saturated heterocycles. The summed E-state index contributed by atoms with van der Waals surface area (Å²) in [7, 11) is 1.88. The molecule has 3 heterocycles. The molecule has 28 heavy (non-hydrogen) atoms. The lowest BCUT2D eigenvalue weighted by Gasteiger charge is -2.37. The molecule has 0 amide bonds. The van der Waals surface area contributed by atoms with Crippen molar-refractivity contribution in [2.75, 3.05) is 57.9 Å². The van der Waals surface area contributed by atoms with Crippen LogP contribution in [-0.2, 0) is 9.47 Å². The molecule has 1 N–H and O–H groups in total. The lowest BCUT2D eigenvalue weighted by Crippen LogP contribution is -2.53. The van der Waals surface area contributed by atoms with Gasteiger partial charge < -0.3 is 24.6 Å². The van der Waals surface area contributed by atoms with E-state index in [1.54, 1.807) is 0 Å². The summed E-state index contributed by atoms with van der Waals surface area (Å²) in [6.45, 7) is 6.59. The zero-order valence-corrected chi connectivity index (χ0v) is 19.1. The number of benzene rings is 1. The molecule has 156 valence electrons. The third-order valence-corrected chi connectivity index (χ3v) is 5.94. The fourth-order valence-corrected chi connectivity index (χ4v) is 4.43. The van der Waals surface area contributed by atoms with Gasteiger partial charge in [-0.1, -0.05) is 18.2 Å². The Morgan fingerprint density at radius 2 is 1.89 bits per heavy atom. The zero-order chi connectivity index (χ0) is 18.5. The third-order valence-electron chi connectivity index (χ3n) is 5.94. The molecule has 1 aromatic carbocycles. The van der Waals surface area contributed by atoms with E-state index >= 15 is 0 Å². The average Bonchev–Trinajstić information content (AvgIpc) is 3.42. The number of nitrogens with zero attached hydrogens (tertiary/aromatic N) is 3. The molecule has 1 aromatic rings. The van der Waals surface area contributed by atoms with Crippen LogP contribution in [0.5, 0.6) is 0 Å². The van der Waals surface area contributed by atoms with E-state index in [1.165, 1.54) is 12.1 Å². The zero-order valence-electron chi connectivity index (χ0n) is 16.8. The minimum atomic E-state index is 0. The molecule has 0 spiro atoms. The first-order valence-corrected chi connectivity index (χ1v) is 10.3. The van der Waals surface area contributed by atoms with E-state index in [2.05, 4.69) is 50.4 Å². The maximum absolute atomic E-state index is 5.97. The predicted molar refractivity (Wildman–Crippen MR) is 124 cm³/mol. The summed E-state index contributed by atoms with van der Waals surface area (Å²) in [5, 5.41) is 3.62. The maximum atomic E-state index is 5.97. The SMILES string of the molecule is CN=C(NCC1CCN(c2ccccc2)C1)N1CCOC(C2CCCO2)C1.I. The van der Waals surface area contributed by atoms with Crippen molar-refractivity contribution in [1.29, 1.82) is 0 Å². The number of nitrogens with one attached hydrogen (secondary N) is 1. The number of para-hydroxylation sites is 1. The van der Waals surface area contributed by atoms with E-state index in [-0.39, 0.29) is 36.2 Å². The second-order valence-corrected chi connectivity index (χ2v) is 7.77. The minimum absolute atomic E-state index is 0. The van der Waals surface area contributed by atoms with Gasteiger partial charge in [0.25, 0.3) is 0 Å². The van der Waals surface area contributed by atoms with Gasteiger partial charge in [0.1, 0.15) is 6.10 Å². The highest BCUT2D eigenvalue weighted by Crippen LogP contribution is 2.23. The van der Waals surface area contributed by atoms with Crippen LogP contribution in [0.15, 0.2) is 35.3 Å². The second kappa shape index (κ2) is 10.6. The van der Waals surface area contributed by atoms with E-state index in [1.807, 2.05) is 7.05 Å². The molecule has 0 aliphatic carbocycles. The Kier molecular flexibility index (Phi) is 8.23. The molecule has 4 rings (SSSR count). The maximum Gasteiger partial charge on any atom is 0.193 e. The molecule has 3 aliphatic rings. The molecular formula is C21H33IN4O2. The Morgan fingerprint density at radius 3 is 2.64 bits per heavy atom. The molecule has 3 aliphatic heterocycles. The highest BCUT2D eigenvalue weighted by atomic mass is 127. The number of hydrogen-bond donors (Lipinski definition) is 1. The van der Waals surface area contributed by atoms with Crippen LogP contribution in [0.1, 0.15) is 19.3 Å². The van der Waals surface area contributed by atoms with Crippen molar-refractivity contribution in [2.24, 2.45) is 10.9 Å². The van der Waals surface area contributed by atoms with Crippen molar-refractivity contribution in [2.45, 2.75) is 31.5 Å². The standard InChI is InChI=1S/C21H32N4O2.HI/c1-22-21(25-11-13-27-20(16-25)19-8-5-12-26-19)23-14-17-9-10-24(15-17)18-6-3-2-4-7-18;/h2-4,6-7,17,19-20H,5,8-16H2,1H3,(H,22,23);1H. The number of anilines is 1. The number of rotatable bonds is 4. The van der Waals surface area contributed by atoms with Crippen molar-refractivity contribution >= 4 is 35.6 Å². The Balaban J connectivity index is 0.00000225. The van der Waals surface area contributed by atoms with Gasteiger partial charge in [-0.15, -0.1) is 24.0 Å². The molecule has 7 heteroatoms.